The topological polar surface area (TPSA) is 29.5 Å². The number of rotatable bonds is 2. The van der Waals surface area contributed by atoms with Crippen molar-refractivity contribution in [2.24, 2.45) is 0 Å². The zero-order valence-electron chi connectivity index (χ0n) is 12.4. The molecule has 1 unspecified atom stereocenters. The number of amides is 1. The standard InChI is InChI=1S/C18H19NO2/c1-19(2)18(20)21-12-17-15-9-5-3-4-8-13(15)14-10-6-7-11-16(14)17/h4-11,17H,3,12H2,1-2H3. The van der Waals surface area contributed by atoms with Gasteiger partial charge in [0.1, 0.15) is 6.61 Å². The van der Waals surface area contributed by atoms with E-state index in [1.807, 2.05) is 6.07 Å². The Morgan fingerprint density at radius 3 is 2.81 bits per heavy atom. The molecule has 0 heterocycles. The van der Waals surface area contributed by atoms with Crippen molar-refractivity contribution in [1.82, 2.24) is 4.90 Å². The summed E-state index contributed by atoms with van der Waals surface area (Å²) < 4.78 is 5.43. The van der Waals surface area contributed by atoms with Crippen molar-refractivity contribution in [3.05, 3.63) is 65.3 Å². The van der Waals surface area contributed by atoms with E-state index >= 15 is 0 Å². The molecule has 21 heavy (non-hydrogen) atoms. The van der Waals surface area contributed by atoms with E-state index < -0.39 is 0 Å². The molecule has 1 aromatic carbocycles. The van der Waals surface area contributed by atoms with E-state index in [9.17, 15) is 4.79 Å². The lowest BCUT2D eigenvalue weighted by atomic mass is 9.96. The van der Waals surface area contributed by atoms with Gasteiger partial charge in [-0.1, -0.05) is 48.6 Å². The molecule has 0 bridgehead atoms. The van der Waals surface area contributed by atoms with E-state index in [1.54, 1.807) is 14.1 Å². The van der Waals surface area contributed by atoms with Gasteiger partial charge in [0.2, 0.25) is 0 Å². The summed E-state index contributed by atoms with van der Waals surface area (Å²) in [5.41, 5.74) is 4.99. The van der Waals surface area contributed by atoms with Gasteiger partial charge in [-0.25, -0.2) is 4.79 Å². The summed E-state index contributed by atoms with van der Waals surface area (Å²) in [6, 6.07) is 8.36. The molecule has 2 aliphatic carbocycles. The van der Waals surface area contributed by atoms with Gasteiger partial charge in [0.15, 0.2) is 0 Å². The fourth-order valence-electron chi connectivity index (χ4n) is 2.87. The van der Waals surface area contributed by atoms with Crippen molar-refractivity contribution in [2.45, 2.75) is 12.3 Å². The Morgan fingerprint density at radius 2 is 2.00 bits per heavy atom. The number of nitrogens with zero attached hydrogens (tertiary/aromatic N) is 1. The molecule has 3 rings (SSSR count). The number of fused-ring (bicyclic) bond motifs is 2. The van der Waals surface area contributed by atoms with Crippen LogP contribution in [0.5, 0.6) is 0 Å². The summed E-state index contributed by atoms with van der Waals surface area (Å²) in [5, 5.41) is 0. The molecule has 1 atom stereocenters. The van der Waals surface area contributed by atoms with Gasteiger partial charge in [0.05, 0.1) is 0 Å². The monoisotopic (exact) mass is 281 g/mol. The number of ether oxygens (including phenoxy) is 1. The zero-order valence-corrected chi connectivity index (χ0v) is 12.4. The maximum Gasteiger partial charge on any atom is 0.409 e. The van der Waals surface area contributed by atoms with E-state index in [1.165, 1.54) is 27.2 Å². The molecule has 0 aromatic heterocycles. The molecule has 0 N–H and O–H groups in total. The van der Waals surface area contributed by atoms with Crippen molar-refractivity contribution in [3.8, 4) is 0 Å². The highest BCUT2D eigenvalue weighted by molar-refractivity contribution is 5.86. The average Bonchev–Trinajstić information content (AvgIpc) is 2.64. The molecule has 3 nitrogen and oxygen atoms in total. The van der Waals surface area contributed by atoms with Crippen LogP contribution in [-0.4, -0.2) is 31.7 Å². The molecule has 0 fully saturated rings. The van der Waals surface area contributed by atoms with Crippen molar-refractivity contribution in [2.75, 3.05) is 20.7 Å². The predicted molar refractivity (Wildman–Crippen MR) is 84.0 cm³/mol. The minimum atomic E-state index is -0.297. The number of carbonyl (C=O) groups is 1. The number of hydrogen-bond acceptors (Lipinski definition) is 2. The van der Waals surface area contributed by atoms with Gasteiger partial charge >= 0.3 is 6.09 Å². The average molecular weight is 281 g/mol. The molecule has 3 heteroatoms. The van der Waals surface area contributed by atoms with Gasteiger partial charge in [-0.15, -0.1) is 0 Å². The number of hydrogen-bond donors (Lipinski definition) is 0. The van der Waals surface area contributed by atoms with Crippen LogP contribution in [0.3, 0.4) is 0 Å². The van der Waals surface area contributed by atoms with Crippen molar-refractivity contribution >= 4 is 11.7 Å². The zero-order chi connectivity index (χ0) is 14.8. The fourth-order valence-corrected chi connectivity index (χ4v) is 2.87. The van der Waals surface area contributed by atoms with Crippen LogP contribution in [0.2, 0.25) is 0 Å². The number of allylic oxidation sites excluding steroid dienone is 5. The first-order valence-electron chi connectivity index (χ1n) is 7.19. The number of carbonyl (C=O) groups excluding carboxylic acids is 1. The van der Waals surface area contributed by atoms with Crippen LogP contribution in [0, 0.1) is 0 Å². The van der Waals surface area contributed by atoms with Crippen molar-refractivity contribution in [1.29, 1.82) is 0 Å². The lowest BCUT2D eigenvalue weighted by Crippen LogP contribution is -2.24. The van der Waals surface area contributed by atoms with Crippen LogP contribution in [-0.2, 0) is 4.74 Å². The van der Waals surface area contributed by atoms with Crippen LogP contribution < -0.4 is 0 Å². The second kappa shape index (κ2) is 5.60. The van der Waals surface area contributed by atoms with E-state index in [-0.39, 0.29) is 12.0 Å². The maximum atomic E-state index is 11.7. The first-order chi connectivity index (χ1) is 10.2. The summed E-state index contributed by atoms with van der Waals surface area (Å²) >= 11 is 0. The normalized spacial score (nSPS) is 19.0. The molecule has 1 amide bonds. The Bertz CT molecular complexity index is 653. The second-order valence-electron chi connectivity index (χ2n) is 5.52. The summed E-state index contributed by atoms with van der Waals surface area (Å²) in [6.45, 7) is 0.380. The van der Waals surface area contributed by atoms with E-state index in [0.29, 0.717) is 6.61 Å². The molecule has 0 saturated carbocycles. The Morgan fingerprint density at radius 1 is 1.24 bits per heavy atom. The van der Waals surface area contributed by atoms with Crippen LogP contribution in [0.25, 0.3) is 5.57 Å². The quantitative estimate of drug-likeness (QED) is 0.826. The van der Waals surface area contributed by atoms with Crippen molar-refractivity contribution in [3.63, 3.8) is 0 Å². The third-order valence-electron chi connectivity index (χ3n) is 3.91. The van der Waals surface area contributed by atoms with Gasteiger partial charge < -0.3 is 9.64 Å². The second-order valence-corrected chi connectivity index (χ2v) is 5.52. The van der Waals surface area contributed by atoms with Gasteiger partial charge in [-0.05, 0) is 28.7 Å². The molecule has 1 aromatic rings. The first-order valence-corrected chi connectivity index (χ1v) is 7.19. The van der Waals surface area contributed by atoms with Gasteiger partial charge in [0.25, 0.3) is 0 Å². The van der Waals surface area contributed by atoms with E-state index in [0.717, 1.165) is 6.42 Å². The fraction of sp³-hybridized carbons (Fsp3) is 0.278. The molecule has 2 aliphatic rings. The third kappa shape index (κ3) is 2.51. The highest BCUT2D eigenvalue weighted by Crippen LogP contribution is 2.44. The number of benzene rings is 1. The van der Waals surface area contributed by atoms with Gasteiger partial charge in [-0.2, -0.15) is 0 Å². The summed E-state index contributed by atoms with van der Waals surface area (Å²) in [7, 11) is 3.40. The maximum absolute atomic E-state index is 11.7. The Hall–Kier alpha value is -2.29. The lowest BCUT2D eigenvalue weighted by molar-refractivity contribution is 0.115. The minimum absolute atomic E-state index is 0.124. The van der Waals surface area contributed by atoms with Crippen LogP contribution in [0.4, 0.5) is 4.79 Å². The summed E-state index contributed by atoms with van der Waals surface area (Å²) in [5.74, 6) is 0.124. The largest absolute Gasteiger partial charge is 0.448 e. The first kappa shape index (κ1) is 13.7. The van der Waals surface area contributed by atoms with Crippen molar-refractivity contribution < 1.29 is 9.53 Å². The van der Waals surface area contributed by atoms with E-state index in [4.69, 9.17) is 4.74 Å². The molecule has 0 saturated heterocycles. The predicted octanol–water partition coefficient (Wildman–Crippen LogP) is 3.75. The van der Waals surface area contributed by atoms with Crippen LogP contribution in [0.1, 0.15) is 23.5 Å². The van der Waals surface area contributed by atoms with Gasteiger partial charge in [-0.3, -0.25) is 0 Å². The van der Waals surface area contributed by atoms with Crippen LogP contribution in [0.15, 0.2) is 54.1 Å². The molecule has 0 aliphatic heterocycles. The third-order valence-corrected chi connectivity index (χ3v) is 3.91. The summed E-state index contributed by atoms with van der Waals surface area (Å²) in [6.07, 6.45) is 9.33. The van der Waals surface area contributed by atoms with E-state index in [2.05, 4.69) is 42.5 Å². The molecule has 0 spiro atoms. The van der Waals surface area contributed by atoms with Crippen LogP contribution >= 0.6 is 0 Å². The lowest BCUT2D eigenvalue weighted by Gasteiger charge is -2.17. The minimum Gasteiger partial charge on any atom is -0.448 e. The molecular weight excluding hydrogens is 262 g/mol. The Kier molecular flexibility index (Phi) is 3.65. The smallest absolute Gasteiger partial charge is 0.409 e. The highest BCUT2D eigenvalue weighted by atomic mass is 16.6. The highest BCUT2D eigenvalue weighted by Gasteiger charge is 2.30. The molecule has 108 valence electrons. The molecule has 0 radical (unpaired) electrons. The Balaban J connectivity index is 1.93. The van der Waals surface area contributed by atoms with Gasteiger partial charge in [0, 0.05) is 20.0 Å². The SMILES string of the molecule is CN(C)C(=O)OCC1C2=C(C=CCC=C2)c2ccccc21. The summed E-state index contributed by atoms with van der Waals surface area (Å²) in [4.78, 5) is 13.2. The Labute approximate surface area is 125 Å². The molecular formula is C18H19NO2.